The van der Waals surface area contributed by atoms with E-state index in [9.17, 15) is 58.4 Å². The molecular formula is C52H84Cl3F3N12O18. The number of rotatable bonds is 17. The number of amides is 1. The molecule has 36 heteroatoms. The third kappa shape index (κ3) is 20.5. The van der Waals surface area contributed by atoms with Gasteiger partial charge in [-0.1, -0.05) is 42.0 Å². The summed E-state index contributed by atoms with van der Waals surface area (Å²) in [6, 6.07) is 1.65. The van der Waals surface area contributed by atoms with Crippen LogP contribution in [0.5, 0.6) is 0 Å². The number of hydrogen-bond acceptors (Lipinski definition) is 26. The first-order valence-electron chi connectivity index (χ1n) is 26.7. The average molecular weight is 1330 g/mol. The van der Waals surface area contributed by atoms with Crippen molar-refractivity contribution in [3.8, 4) is 0 Å². The number of carbonyl (C=O) groups excluding carboxylic acids is 4. The van der Waals surface area contributed by atoms with Crippen LogP contribution in [0.25, 0.3) is 0 Å². The molecule has 30 nitrogen and oxygen atoms in total. The molecule has 15 N–H and O–H groups in total. The van der Waals surface area contributed by atoms with Gasteiger partial charge in [0.1, 0.15) is 58.0 Å². The Bertz CT molecular complexity index is 2880. The Morgan fingerprint density at radius 2 is 1.02 bits per heavy atom. The molecular weight excluding hydrogens is 1240 g/mol. The number of esters is 3. The lowest BCUT2D eigenvalue weighted by Crippen LogP contribution is -2.53. The van der Waals surface area contributed by atoms with Crippen LogP contribution in [0.15, 0.2) is 51.2 Å². The van der Waals surface area contributed by atoms with Crippen LogP contribution in [-0.2, 0) is 47.5 Å². The number of alkyl halides is 6. The van der Waals surface area contributed by atoms with Crippen molar-refractivity contribution in [2.75, 3.05) is 67.8 Å². The Balaban J connectivity index is 0.000000628. The van der Waals surface area contributed by atoms with Crippen molar-refractivity contribution in [2.45, 2.75) is 167 Å². The zero-order chi connectivity index (χ0) is 66.7. The van der Waals surface area contributed by atoms with Crippen LogP contribution >= 0.6 is 34.8 Å². The third-order valence-corrected chi connectivity index (χ3v) is 14.0. The number of nitrogens with zero attached hydrogens (tertiary/aromatic N) is 6. The van der Waals surface area contributed by atoms with Gasteiger partial charge in [-0.15, -0.1) is 34.8 Å². The van der Waals surface area contributed by atoms with Crippen molar-refractivity contribution in [3.63, 3.8) is 0 Å². The van der Waals surface area contributed by atoms with Crippen LogP contribution in [0.4, 0.5) is 35.4 Å². The van der Waals surface area contributed by atoms with Gasteiger partial charge < -0.3 is 87.6 Å². The van der Waals surface area contributed by atoms with Crippen molar-refractivity contribution in [2.24, 2.45) is 23.3 Å². The molecule has 1 amide bonds. The minimum atomic E-state index is -2.10. The van der Waals surface area contributed by atoms with Crippen LogP contribution < -0.4 is 51.1 Å². The monoisotopic (exact) mass is 1330 g/mol. The number of hydrogen-bond donors (Lipinski definition) is 10. The highest BCUT2D eigenvalue weighted by Gasteiger charge is 2.61. The summed E-state index contributed by atoms with van der Waals surface area (Å²) in [5.41, 5.74) is 18.2. The molecule has 6 heterocycles. The number of alkyl carbamates (subject to hydrolysis) is 1. The van der Waals surface area contributed by atoms with E-state index in [0.29, 0.717) is 6.61 Å². The van der Waals surface area contributed by atoms with Crippen LogP contribution in [0.1, 0.15) is 95.3 Å². The van der Waals surface area contributed by atoms with E-state index in [1.807, 2.05) is 6.92 Å². The fraction of sp³-hybridized carbons (Fsp3) is 0.692. The van der Waals surface area contributed by atoms with Gasteiger partial charge in [0, 0.05) is 25.5 Å². The Labute approximate surface area is 520 Å². The summed E-state index contributed by atoms with van der Waals surface area (Å²) in [4.78, 5) is 93.3. The minimum Gasteiger partial charge on any atom is -0.466 e. The van der Waals surface area contributed by atoms with E-state index in [1.54, 1.807) is 55.4 Å². The standard InChI is InChI=1S/C20H30ClFN4O7.C15H22ClFN4O5.C10H13ClFN3O4.C4H8O2.C2H7N.CH4/c1-10(2)13(25-18(30)33-19(3,4)5)16(28)31-14-12(22)15(32-20(14,8-21)9-27)26-7-6-11(23)24-17(26)29;1-7(2)10(19)13(23)25-11-9(17)12(26-15(11,5-16)6-22)21-4-3-8(18)20-14(21)24;11-3-10(4-16)7(17)6(12)8(19-10)15-2-1-5(13)14-9(15)18;1-3-6-4(2)5;1-2-3;/h6-7,10,12-15,27H,8-9H2,1-5H3,(H,25,30)(H2,23,24,29);3-4,7,9-12,22H,5-6,19H2,1-2H3,(H2,18,20,24);1-2,6-8,16-17H,3-4H2,(H2,13,14,18);3H2,1-2H3;2-3H2,1H3;1H4/t12-,13?,14+,15-,20-;9-,10?,11+,12-,15-;6-,7+,8-,10-;;;/m111.../s1. The van der Waals surface area contributed by atoms with E-state index < -0.39 is 157 Å². The fourth-order valence-corrected chi connectivity index (χ4v) is 8.83. The number of anilines is 3. The highest BCUT2D eigenvalue weighted by molar-refractivity contribution is 6.19. The van der Waals surface area contributed by atoms with E-state index >= 15 is 8.78 Å². The van der Waals surface area contributed by atoms with Gasteiger partial charge in [-0.2, -0.15) is 15.0 Å². The van der Waals surface area contributed by atoms with Crippen molar-refractivity contribution < 1.29 is 85.9 Å². The minimum absolute atomic E-state index is 0. The molecule has 3 aliphatic rings. The highest BCUT2D eigenvalue weighted by atomic mass is 35.5. The van der Waals surface area contributed by atoms with Crippen LogP contribution in [0, 0.1) is 11.8 Å². The molecule has 3 fully saturated rings. The molecule has 2 unspecified atom stereocenters. The number of halogens is 6. The zero-order valence-corrected chi connectivity index (χ0v) is 51.7. The lowest BCUT2D eigenvalue weighted by molar-refractivity contribution is -0.168. The summed E-state index contributed by atoms with van der Waals surface area (Å²) in [5.74, 6) is -4.05. The van der Waals surface area contributed by atoms with E-state index in [2.05, 4.69) is 25.0 Å². The Morgan fingerprint density at radius 1 is 0.682 bits per heavy atom. The summed E-state index contributed by atoms with van der Waals surface area (Å²) >= 11 is 17.4. The summed E-state index contributed by atoms with van der Waals surface area (Å²) in [7, 11) is 0. The van der Waals surface area contributed by atoms with Gasteiger partial charge in [0.05, 0.1) is 44.1 Å². The number of nitrogens with two attached hydrogens (primary N) is 5. The van der Waals surface area contributed by atoms with Gasteiger partial charge in [0.2, 0.25) is 0 Å². The van der Waals surface area contributed by atoms with Crippen molar-refractivity contribution >= 4 is 76.3 Å². The molecule has 3 aromatic rings. The Kier molecular flexibility index (Phi) is 32.2. The molecule has 3 saturated heterocycles. The van der Waals surface area contributed by atoms with Gasteiger partial charge in [-0.05, 0) is 64.3 Å². The number of nitrogens with one attached hydrogen (secondary N) is 1. The predicted octanol–water partition coefficient (Wildman–Crippen LogP) is 0.875. The molecule has 0 bridgehead atoms. The molecule has 14 atom stereocenters. The highest BCUT2D eigenvalue weighted by Crippen LogP contribution is 2.43. The molecule has 0 spiro atoms. The summed E-state index contributed by atoms with van der Waals surface area (Å²) in [5, 5.41) is 41.1. The van der Waals surface area contributed by atoms with Gasteiger partial charge in [0.15, 0.2) is 49.4 Å². The smallest absolute Gasteiger partial charge is 0.408 e. The number of ether oxygens (including phenoxy) is 7. The summed E-state index contributed by atoms with van der Waals surface area (Å²) in [6.07, 6.45) is -12.7. The topological polar surface area (TPSA) is 461 Å². The molecule has 0 radical (unpaired) electrons. The van der Waals surface area contributed by atoms with Crippen LogP contribution in [0.3, 0.4) is 0 Å². The first kappa shape index (κ1) is 80.0. The number of carbonyl (C=O) groups is 4. The molecule has 3 aromatic heterocycles. The van der Waals surface area contributed by atoms with E-state index in [0.717, 1.165) is 20.2 Å². The maximum atomic E-state index is 15.5. The van der Waals surface area contributed by atoms with Gasteiger partial charge in [-0.3, -0.25) is 23.3 Å². The van der Waals surface area contributed by atoms with Gasteiger partial charge >= 0.3 is 41.1 Å². The van der Waals surface area contributed by atoms with Crippen molar-refractivity contribution in [1.29, 1.82) is 0 Å². The number of aromatic nitrogens is 6. The second-order valence-corrected chi connectivity index (χ2v) is 22.0. The van der Waals surface area contributed by atoms with Gasteiger partial charge in [0.25, 0.3) is 0 Å². The first-order valence-corrected chi connectivity index (χ1v) is 28.3. The summed E-state index contributed by atoms with van der Waals surface area (Å²) in [6.45, 7) is 15.7. The predicted molar refractivity (Wildman–Crippen MR) is 316 cm³/mol. The molecule has 502 valence electrons. The van der Waals surface area contributed by atoms with E-state index in [-0.39, 0.29) is 48.5 Å². The lowest BCUT2D eigenvalue weighted by Gasteiger charge is -2.32. The quantitative estimate of drug-likeness (QED) is 0.0509. The molecule has 88 heavy (non-hydrogen) atoms. The fourth-order valence-electron chi connectivity index (χ4n) is 7.93. The maximum Gasteiger partial charge on any atom is 0.408 e. The molecule has 3 aliphatic heterocycles. The lowest BCUT2D eigenvalue weighted by atomic mass is 9.98. The molecule has 0 aromatic carbocycles. The van der Waals surface area contributed by atoms with E-state index in [4.69, 9.17) is 91.9 Å². The van der Waals surface area contributed by atoms with Crippen molar-refractivity contribution in [3.05, 3.63) is 68.2 Å². The Hall–Kier alpha value is -5.98. The van der Waals surface area contributed by atoms with E-state index in [1.165, 1.54) is 43.7 Å². The largest absolute Gasteiger partial charge is 0.466 e. The molecule has 0 saturated carbocycles. The van der Waals surface area contributed by atoms with Crippen LogP contribution in [0.2, 0.25) is 0 Å². The first-order chi connectivity index (χ1) is 40.5. The number of nitrogen functional groups attached to an aromatic ring is 3. The average Bonchev–Trinajstić information content (AvgIpc) is 1.87. The van der Waals surface area contributed by atoms with Gasteiger partial charge in [-0.25, -0.2) is 37.1 Å². The maximum absolute atomic E-state index is 15.5. The van der Waals surface area contributed by atoms with Crippen molar-refractivity contribution in [1.82, 2.24) is 34.0 Å². The van der Waals surface area contributed by atoms with Crippen LogP contribution in [-0.4, -0.2) is 195 Å². The Morgan fingerprint density at radius 3 is 1.28 bits per heavy atom. The summed E-state index contributed by atoms with van der Waals surface area (Å²) < 4.78 is 83.7. The molecule has 6 rings (SSSR count). The second-order valence-electron chi connectivity index (χ2n) is 21.2. The zero-order valence-electron chi connectivity index (χ0n) is 49.5. The second kappa shape index (κ2) is 35.4. The SMILES string of the molecule is C.CC(C)C(N)C(=O)O[C@H]1[C@@H](F)[C@H](n2ccc(N)nc2=O)O[C@@]1(CO)CCl.CC(C)C(NC(=O)OC(C)(C)C)C(=O)O[C@H]1[C@@H](F)[C@H](n2ccc(N)nc2=O)O[C@@]1(CO)CCl.CCN.CCOC(C)=O.Nc1ccn([C@@H]2O[C@@](CO)(CCl)[C@@H](O)[C@H]2F)c(=O)n1. The normalized spacial score (nSPS) is 26.8. The number of aliphatic hydroxyl groups excluding tert-OH is 4. The number of aliphatic hydroxyl groups is 4. The molecule has 0 aliphatic carbocycles. The third-order valence-electron chi connectivity index (χ3n) is 12.6.